The van der Waals surface area contributed by atoms with Crippen LogP contribution in [0.25, 0.3) is 0 Å². The van der Waals surface area contributed by atoms with Crippen LogP contribution in [0.1, 0.15) is 20.3 Å². The smallest absolute Gasteiger partial charge is 0.296 e. The molecule has 0 aliphatic carbocycles. The second-order valence-electron chi connectivity index (χ2n) is 4.39. The van der Waals surface area contributed by atoms with Gasteiger partial charge in [0.15, 0.2) is 0 Å². The zero-order valence-corrected chi connectivity index (χ0v) is 12.2. The number of benzene rings is 1. The SMILES string of the molecule is COS(=O)(=O)c1ccc(OC(C)(C)CCCl)cc1. The lowest BCUT2D eigenvalue weighted by Crippen LogP contribution is -2.28. The van der Waals surface area contributed by atoms with Gasteiger partial charge in [0.1, 0.15) is 11.4 Å². The summed E-state index contributed by atoms with van der Waals surface area (Å²) < 4.78 is 33.0. The molecular weight excluding hydrogens is 276 g/mol. The molecule has 0 unspecified atom stereocenters. The topological polar surface area (TPSA) is 52.6 Å². The Balaban J connectivity index is 2.84. The van der Waals surface area contributed by atoms with Gasteiger partial charge >= 0.3 is 0 Å². The van der Waals surface area contributed by atoms with Crippen LogP contribution >= 0.6 is 11.6 Å². The normalized spacial score (nSPS) is 12.4. The molecule has 4 nitrogen and oxygen atoms in total. The van der Waals surface area contributed by atoms with Gasteiger partial charge in [-0.3, -0.25) is 4.18 Å². The minimum Gasteiger partial charge on any atom is -0.488 e. The predicted molar refractivity (Wildman–Crippen MR) is 70.7 cm³/mol. The van der Waals surface area contributed by atoms with Gasteiger partial charge in [0.2, 0.25) is 0 Å². The minimum absolute atomic E-state index is 0.104. The van der Waals surface area contributed by atoms with Gasteiger partial charge < -0.3 is 4.74 Å². The molecule has 0 radical (unpaired) electrons. The third-order valence-corrected chi connectivity index (χ3v) is 3.90. The van der Waals surface area contributed by atoms with E-state index in [4.69, 9.17) is 16.3 Å². The Morgan fingerprint density at radius 3 is 2.22 bits per heavy atom. The molecule has 1 rings (SSSR count). The van der Waals surface area contributed by atoms with E-state index in [9.17, 15) is 8.42 Å². The van der Waals surface area contributed by atoms with Crippen LogP contribution in [0.5, 0.6) is 5.75 Å². The zero-order chi connectivity index (χ0) is 13.8. The van der Waals surface area contributed by atoms with E-state index in [-0.39, 0.29) is 10.5 Å². The molecule has 0 amide bonds. The van der Waals surface area contributed by atoms with Gasteiger partial charge in [-0.2, -0.15) is 8.42 Å². The molecule has 0 fully saturated rings. The molecule has 102 valence electrons. The Kier molecular flexibility index (Phi) is 5.01. The molecule has 0 N–H and O–H groups in total. The van der Waals surface area contributed by atoms with Crippen molar-refractivity contribution in [1.82, 2.24) is 0 Å². The maximum absolute atomic E-state index is 11.4. The fourth-order valence-electron chi connectivity index (χ4n) is 1.37. The largest absolute Gasteiger partial charge is 0.488 e. The fourth-order valence-corrected chi connectivity index (χ4v) is 2.49. The van der Waals surface area contributed by atoms with Crippen LogP contribution in [-0.4, -0.2) is 27.0 Å². The summed E-state index contributed by atoms with van der Waals surface area (Å²) >= 11 is 5.68. The highest BCUT2D eigenvalue weighted by molar-refractivity contribution is 7.86. The summed E-state index contributed by atoms with van der Waals surface area (Å²) in [4.78, 5) is 0.104. The van der Waals surface area contributed by atoms with Crippen molar-refractivity contribution in [2.24, 2.45) is 0 Å². The Morgan fingerprint density at radius 2 is 1.78 bits per heavy atom. The highest BCUT2D eigenvalue weighted by Crippen LogP contribution is 2.23. The quantitative estimate of drug-likeness (QED) is 0.597. The summed E-state index contributed by atoms with van der Waals surface area (Å²) in [6, 6.07) is 6.10. The molecule has 18 heavy (non-hydrogen) atoms. The van der Waals surface area contributed by atoms with Gasteiger partial charge in [-0.05, 0) is 38.1 Å². The molecule has 1 aromatic carbocycles. The van der Waals surface area contributed by atoms with E-state index in [1.807, 2.05) is 13.8 Å². The van der Waals surface area contributed by atoms with Gasteiger partial charge in [0.05, 0.1) is 12.0 Å². The maximum atomic E-state index is 11.4. The number of hydrogen-bond donors (Lipinski definition) is 0. The van der Waals surface area contributed by atoms with E-state index < -0.39 is 10.1 Å². The van der Waals surface area contributed by atoms with Crippen molar-refractivity contribution in [2.75, 3.05) is 13.0 Å². The monoisotopic (exact) mass is 292 g/mol. The molecule has 0 spiro atoms. The molecule has 0 aliphatic rings. The average molecular weight is 293 g/mol. The van der Waals surface area contributed by atoms with Crippen LogP contribution in [0.4, 0.5) is 0 Å². The second-order valence-corrected chi connectivity index (χ2v) is 6.48. The Hall–Kier alpha value is -0.780. The van der Waals surface area contributed by atoms with Crippen molar-refractivity contribution in [3.63, 3.8) is 0 Å². The number of alkyl halides is 1. The van der Waals surface area contributed by atoms with Crippen LogP contribution in [0.15, 0.2) is 29.2 Å². The highest BCUT2D eigenvalue weighted by Gasteiger charge is 2.19. The van der Waals surface area contributed by atoms with Crippen molar-refractivity contribution < 1.29 is 17.3 Å². The standard InChI is InChI=1S/C12H17ClO4S/c1-12(2,8-9-13)17-10-4-6-11(7-5-10)18(14,15)16-3/h4-7H,8-9H2,1-3H3. The first-order chi connectivity index (χ1) is 8.30. The van der Waals surface area contributed by atoms with Crippen molar-refractivity contribution in [3.8, 4) is 5.75 Å². The molecule has 0 heterocycles. The summed E-state index contributed by atoms with van der Waals surface area (Å²) in [5, 5.41) is 0. The van der Waals surface area contributed by atoms with Crippen molar-refractivity contribution >= 4 is 21.7 Å². The van der Waals surface area contributed by atoms with Crippen LogP contribution < -0.4 is 4.74 Å². The zero-order valence-electron chi connectivity index (χ0n) is 10.6. The van der Waals surface area contributed by atoms with Gasteiger partial charge in [-0.1, -0.05) is 0 Å². The first kappa shape index (κ1) is 15.3. The molecule has 0 saturated heterocycles. The van der Waals surface area contributed by atoms with Crippen molar-refractivity contribution in [3.05, 3.63) is 24.3 Å². The average Bonchev–Trinajstić information content (AvgIpc) is 2.29. The summed E-state index contributed by atoms with van der Waals surface area (Å²) in [5.41, 5.74) is -0.386. The van der Waals surface area contributed by atoms with Gasteiger partial charge in [-0.15, -0.1) is 11.6 Å². The Bertz CT molecular complexity index is 479. The van der Waals surface area contributed by atoms with Gasteiger partial charge in [-0.25, -0.2) is 0 Å². The summed E-state index contributed by atoms with van der Waals surface area (Å²) in [7, 11) is -2.52. The lowest BCUT2D eigenvalue weighted by atomic mass is 10.1. The minimum atomic E-state index is -3.65. The van der Waals surface area contributed by atoms with Crippen LogP contribution in [-0.2, 0) is 14.3 Å². The van der Waals surface area contributed by atoms with E-state index in [0.717, 1.165) is 7.11 Å². The number of halogens is 1. The molecular formula is C12H17ClO4S. The summed E-state index contributed by atoms with van der Waals surface area (Å²) in [5.74, 6) is 1.10. The van der Waals surface area contributed by atoms with E-state index in [1.165, 1.54) is 12.1 Å². The number of rotatable bonds is 6. The highest BCUT2D eigenvalue weighted by atomic mass is 35.5. The third-order valence-electron chi connectivity index (χ3n) is 2.42. The third kappa shape index (κ3) is 4.15. The molecule has 0 atom stereocenters. The van der Waals surface area contributed by atoms with E-state index in [2.05, 4.69) is 4.18 Å². The van der Waals surface area contributed by atoms with E-state index >= 15 is 0 Å². The van der Waals surface area contributed by atoms with Gasteiger partial charge in [0.25, 0.3) is 10.1 Å². The van der Waals surface area contributed by atoms with Crippen molar-refractivity contribution in [1.29, 1.82) is 0 Å². The molecule has 6 heteroatoms. The predicted octanol–water partition coefficient (Wildman–Crippen LogP) is 2.81. The molecule has 0 aliphatic heterocycles. The van der Waals surface area contributed by atoms with E-state index in [0.29, 0.717) is 18.1 Å². The maximum Gasteiger partial charge on any atom is 0.296 e. The second kappa shape index (κ2) is 5.91. The molecule has 0 saturated carbocycles. The van der Waals surface area contributed by atoms with Crippen LogP contribution in [0.2, 0.25) is 0 Å². The molecule has 0 bridgehead atoms. The number of ether oxygens (including phenoxy) is 1. The van der Waals surface area contributed by atoms with Crippen molar-refractivity contribution in [2.45, 2.75) is 30.8 Å². The Labute approximate surface area is 113 Å². The van der Waals surface area contributed by atoms with Crippen LogP contribution in [0, 0.1) is 0 Å². The lowest BCUT2D eigenvalue weighted by molar-refractivity contribution is 0.106. The first-order valence-corrected chi connectivity index (χ1v) is 7.41. The Morgan fingerprint density at radius 1 is 1.22 bits per heavy atom. The molecule has 0 aromatic heterocycles. The summed E-state index contributed by atoms with van der Waals surface area (Å²) in [6.45, 7) is 3.85. The summed E-state index contributed by atoms with van der Waals surface area (Å²) in [6.07, 6.45) is 0.701. The first-order valence-electron chi connectivity index (χ1n) is 5.46. The van der Waals surface area contributed by atoms with E-state index in [1.54, 1.807) is 12.1 Å². The fraction of sp³-hybridized carbons (Fsp3) is 0.500. The van der Waals surface area contributed by atoms with Crippen LogP contribution in [0.3, 0.4) is 0 Å². The number of hydrogen-bond acceptors (Lipinski definition) is 4. The lowest BCUT2D eigenvalue weighted by Gasteiger charge is -2.25. The molecule has 1 aromatic rings. The van der Waals surface area contributed by atoms with Gasteiger partial charge in [0, 0.05) is 12.3 Å².